The highest BCUT2D eigenvalue weighted by atomic mass is 19.1. The number of benzene rings is 1. The van der Waals surface area contributed by atoms with Crippen molar-refractivity contribution in [3.05, 3.63) is 29.6 Å². The molecule has 17 heavy (non-hydrogen) atoms. The van der Waals surface area contributed by atoms with E-state index in [1.54, 1.807) is 13.0 Å². The van der Waals surface area contributed by atoms with Crippen molar-refractivity contribution >= 4 is 5.71 Å². The minimum Gasteiger partial charge on any atom is -0.493 e. The van der Waals surface area contributed by atoms with E-state index in [2.05, 4.69) is 12.1 Å². The molecule has 0 fully saturated rings. The molecule has 0 unspecified atom stereocenters. The number of nitrogens with zero attached hydrogens (tertiary/aromatic N) is 1. The third-order valence-electron chi connectivity index (χ3n) is 2.49. The Bertz CT molecular complexity index is 391. The first-order valence-corrected chi connectivity index (χ1v) is 5.80. The van der Waals surface area contributed by atoms with E-state index in [0.29, 0.717) is 23.6 Å². The fraction of sp³-hybridized carbons (Fsp3) is 0.462. The molecule has 1 aromatic carbocycles. The van der Waals surface area contributed by atoms with Crippen LogP contribution in [0.1, 0.15) is 38.7 Å². The second-order valence-electron chi connectivity index (χ2n) is 3.88. The third kappa shape index (κ3) is 4.06. The summed E-state index contributed by atoms with van der Waals surface area (Å²) in [6, 6.07) is 4.21. The quantitative estimate of drug-likeness (QED) is 0.357. The van der Waals surface area contributed by atoms with Gasteiger partial charge in [-0.3, -0.25) is 0 Å². The molecular formula is C13H18FNO2. The summed E-state index contributed by atoms with van der Waals surface area (Å²) < 4.78 is 18.7. The Morgan fingerprint density at radius 2 is 2.18 bits per heavy atom. The molecule has 1 aromatic rings. The SMILES string of the molecule is CCCCCOc1ccc(F)cc1/C(C)=N/O. The molecule has 0 aliphatic carbocycles. The smallest absolute Gasteiger partial charge is 0.128 e. The number of ether oxygens (including phenoxy) is 1. The first kappa shape index (κ1) is 13.5. The summed E-state index contributed by atoms with van der Waals surface area (Å²) in [6.45, 7) is 4.31. The summed E-state index contributed by atoms with van der Waals surface area (Å²) in [4.78, 5) is 0. The van der Waals surface area contributed by atoms with Crippen LogP contribution in [-0.2, 0) is 0 Å². The number of hydrogen-bond acceptors (Lipinski definition) is 3. The van der Waals surface area contributed by atoms with Crippen LogP contribution in [0.25, 0.3) is 0 Å². The third-order valence-corrected chi connectivity index (χ3v) is 2.49. The van der Waals surface area contributed by atoms with E-state index in [-0.39, 0.29) is 5.82 Å². The molecule has 0 bridgehead atoms. The van der Waals surface area contributed by atoms with Crippen LogP contribution < -0.4 is 4.74 Å². The lowest BCUT2D eigenvalue weighted by Gasteiger charge is -2.10. The maximum absolute atomic E-state index is 13.1. The molecule has 0 radical (unpaired) electrons. The van der Waals surface area contributed by atoms with E-state index < -0.39 is 0 Å². The summed E-state index contributed by atoms with van der Waals surface area (Å²) in [5, 5.41) is 11.8. The zero-order valence-electron chi connectivity index (χ0n) is 10.2. The van der Waals surface area contributed by atoms with E-state index >= 15 is 0 Å². The van der Waals surface area contributed by atoms with Crippen molar-refractivity contribution in [2.24, 2.45) is 5.16 Å². The van der Waals surface area contributed by atoms with Gasteiger partial charge in [-0.05, 0) is 31.5 Å². The normalized spacial score (nSPS) is 11.6. The van der Waals surface area contributed by atoms with Gasteiger partial charge in [-0.15, -0.1) is 0 Å². The maximum atomic E-state index is 13.1. The summed E-state index contributed by atoms with van der Waals surface area (Å²) >= 11 is 0. The van der Waals surface area contributed by atoms with Crippen LogP contribution >= 0.6 is 0 Å². The first-order chi connectivity index (χ1) is 8.19. The largest absolute Gasteiger partial charge is 0.493 e. The lowest BCUT2D eigenvalue weighted by atomic mass is 10.1. The number of oxime groups is 1. The molecule has 3 nitrogen and oxygen atoms in total. The molecular weight excluding hydrogens is 221 g/mol. The van der Waals surface area contributed by atoms with E-state index in [1.165, 1.54) is 12.1 Å². The average Bonchev–Trinajstić information content (AvgIpc) is 2.35. The number of halogens is 1. The highest BCUT2D eigenvalue weighted by molar-refractivity contribution is 6.00. The molecule has 0 spiro atoms. The Kier molecular flexibility index (Phi) is 5.46. The molecule has 4 heteroatoms. The zero-order chi connectivity index (χ0) is 12.7. The second kappa shape index (κ2) is 6.89. The van der Waals surface area contributed by atoms with Crippen LogP contribution in [0.2, 0.25) is 0 Å². The molecule has 0 aliphatic heterocycles. The Morgan fingerprint density at radius 1 is 1.41 bits per heavy atom. The molecule has 0 aliphatic rings. The van der Waals surface area contributed by atoms with Crippen LogP contribution in [0.5, 0.6) is 5.75 Å². The lowest BCUT2D eigenvalue weighted by molar-refractivity contribution is 0.303. The van der Waals surface area contributed by atoms with E-state index in [0.717, 1.165) is 19.3 Å². The van der Waals surface area contributed by atoms with Gasteiger partial charge in [0.15, 0.2) is 0 Å². The van der Waals surface area contributed by atoms with Gasteiger partial charge in [0.2, 0.25) is 0 Å². The molecule has 0 saturated carbocycles. The van der Waals surface area contributed by atoms with E-state index in [1.807, 2.05) is 0 Å². The summed E-state index contributed by atoms with van der Waals surface area (Å²) in [5.41, 5.74) is 0.832. The van der Waals surface area contributed by atoms with Gasteiger partial charge in [0, 0.05) is 5.56 Å². The van der Waals surface area contributed by atoms with Crippen molar-refractivity contribution in [2.75, 3.05) is 6.61 Å². The highest BCUT2D eigenvalue weighted by Gasteiger charge is 2.08. The lowest BCUT2D eigenvalue weighted by Crippen LogP contribution is -2.04. The second-order valence-corrected chi connectivity index (χ2v) is 3.88. The minimum atomic E-state index is -0.371. The van der Waals surface area contributed by atoms with Crippen LogP contribution in [0.4, 0.5) is 4.39 Å². The van der Waals surface area contributed by atoms with Gasteiger partial charge in [-0.1, -0.05) is 24.9 Å². The van der Waals surface area contributed by atoms with Crippen LogP contribution in [0.15, 0.2) is 23.4 Å². The van der Waals surface area contributed by atoms with Gasteiger partial charge in [0.1, 0.15) is 11.6 Å². The molecule has 94 valence electrons. The van der Waals surface area contributed by atoms with Gasteiger partial charge in [-0.25, -0.2) is 4.39 Å². The Hall–Kier alpha value is -1.58. The van der Waals surface area contributed by atoms with Gasteiger partial charge < -0.3 is 9.94 Å². The van der Waals surface area contributed by atoms with E-state index in [9.17, 15) is 4.39 Å². The van der Waals surface area contributed by atoms with Crippen molar-refractivity contribution < 1.29 is 14.3 Å². The number of hydrogen-bond donors (Lipinski definition) is 1. The van der Waals surface area contributed by atoms with Crippen molar-refractivity contribution in [1.29, 1.82) is 0 Å². The molecule has 0 heterocycles. The van der Waals surface area contributed by atoms with Gasteiger partial charge in [0.05, 0.1) is 12.3 Å². The topological polar surface area (TPSA) is 41.8 Å². The summed E-state index contributed by atoms with van der Waals surface area (Å²) in [7, 11) is 0. The van der Waals surface area contributed by atoms with Gasteiger partial charge >= 0.3 is 0 Å². The maximum Gasteiger partial charge on any atom is 0.128 e. The Morgan fingerprint density at radius 3 is 2.82 bits per heavy atom. The van der Waals surface area contributed by atoms with Gasteiger partial charge in [0.25, 0.3) is 0 Å². The molecule has 0 amide bonds. The first-order valence-electron chi connectivity index (χ1n) is 5.80. The van der Waals surface area contributed by atoms with Crippen molar-refractivity contribution in [3.8, 4) is 5.75 Å². The molecule has 0 aromatic heterocycles. The predicted molar refractivity (Wildman–Crippen MR) is 65.4 cm³/mol. The fourth-order valence-corrected chi connectivity index (χ4v) is 1.50. The molecule has 0 atom stereocenters. The van der Waals surface area contributed by atoms with Crippen LogP contribution in [-0.4, -0.2) is 17.5 Å². The average molecular weight is 239 g/mol. The van der Waals surface area contributed by atoms with Crippen LogP contribution in [0.3, 0.4) is 0 Å². The van der Waals surface area contributed by atoms with Crippen molar-refractivity contribution in [2.45, 2.75) is 33.1 Å². The Balaban J connectivity index is 2.76. The van der Waals surface area contributed by atoms with Gasteiger partial charge in [-0.2, -0.15) is 0 Å². The van der Waals surface area contributed by atoms with Crippen molar-refractivity contribution in [1.82, 2.24) is 0 Å². The van der Waals surface area contributed by atoms with E-state index in [4.69, 9.17) is 9.94 Å². The molecule has 1 N–H and O–H groups in total. The standard InChI is InChI=1S/C13H18FNO2/c1-3-4-5-8-17-13-7-6-11(14)9-12(13)10(2)15-16/h6-7,9,16H,3-5,8H2,1-2H3/b15-10+. The van der Waals surface area contributed by atoms with Crippen molar-refractivity contribution in [3.63, 3.8) is 0 Å². The zero-order valence-corrected chi connectivity index (χ0v) is 10.2. The fourth-order valence-electron chi connectivity index (χ4n) is 1.50. The Labute approximate surface area is 101 Å². The summed E-state index contributed by atoms with van der Waals surface area (Å²) in [6.07, 6.45) is 3.18. The highest BCUT2D eigenvalue weighted by Crippen LogP contribution is 2.21. The molecule has 1 rings (SSSR count). The predicted octanol–water partition coefficient (Wildman–Crippen LogP) is 3.59. The number of rotatable bonds is 6. The minimum absolute atomic E-state index is 0.343. The van der Waals surface area contributed by atoms with Crippen LogP contribution in [0, 0.1) is 5.82 Å². The monoisotopic (exact) mass is 239 g/mol. The number of unbranched alkanes of at least 4 members (excludes halogenated alkanes) is 2. The summed E-state index contributed by atoms with van der Waals surface area (Å²) in [5.74, 6) is 0.182. The molecule has 0 saturated heterocycles.